The zero-order chi connectivity index (χ0) is 20.9. The van der Waals surface area contributed by atoms with Gasteiger partial charge >= 0.3 is 0 Å². The van der Waals surface area contributed by atoms with Crippen molar-refractivity contribution in [1.82, 2.24) is 0 Å². The Kier molecular flexibility index (Phi) is 7.94. The average molecular weight is 405 g/mol. The second-order valence-corrected chi connectivity index (χ2v) is 8.32. The molecule has 4 heteroatoms. The van der Waals surface area contributed by atoms with Crippen LogP contribution in [0.3, 0.4) is 0 Å². The summed E-state index contributed by atoms with van der Waals surface area (Å²) in [5.41, 5.74) is 3.00. The van der Waals surface area contributed by atoms with Gasteiger partial charge in [-0.1, -0.05) is 56.1 Å². The summed E-state index contributed by atoms with van der Waals surface area (Å²) < 4.78 is 6.16. The lowest BCUT2D eigenvalue weighted by Crippen LogP contribution is -2.40. The van der Waals surface area contributed by atoms with Gasteiger partial charge in [-0.15, -0.1) is 0 Å². The lowest BCUT2D eigenvalue weighted by molar-refractivity contribution is -0.0274. The van der Waals surface area contributed by atoms with Crippen molar-refractivity contribution >= 4 is 11.6 Å². The molecule has 2 rings (SSSR count). The SMILES string of the molecule is CCCC(O)C(c1ccc(C)c(OCc2ccc(Cl)cc2)c1C)C(C)(O)CC. The molecule has 0 aliphatic carbocycles. The Morgan fingerprint density at radius 2 is 1.71 bits per heavy atom. The fraction of sp³-hybridized carbons (Fsp3) is 0.500. The maximum absolute atomic E-state index is 11.0. The van der Waals surface area contributed by atoms with Gasteiger partial charge in [-0.25, -0.2) is 0 Å². The maximum atomic E-state index is 11.0. The molecule has 0 spiro atoms. The van der Waals surface area contributed by atoms with E-state index in [1.807, 2.05) is 71.0 Å². The van der Waals surface area contributed by atoms with E-state index in [-0.39, 0.29) is 5.92 Å². The molecule has 2 aromatic rings. The van der Waals surface area contributed by atoms with Crippen LogP contribution in [0.15, 0.2) is 36.4 Å². The largest absolute Gasteiger partial charge is 0.488 e. The van der Waals surface area contributed by atoms with E-state index in [4.69, 9.17) is 16.3 Å². The number of aliphatic hydroxyl groups excluding tert-OH is 1. The van der Waals surface area contributed by atoms with Gasteiger partial charge < -0.3 is 14.9 Å². The summed E-state index contributed by atoms with van der Waals surface area (Å²) in [6.45, 7) is 10.3. The number of aliphatic hydroxyl groups is 2. The third-order valence-corrected chi connectivity index (χ3v) is 5.88. The van der Waals surface area contributed by atoms with E-state index in [9.17, 15) is 10.2 Å². The zero-order valence-corrected chi connectivity index (χ0v) is 18.4. The normalized spacial score (nSPS) is 15.7. The molecule has 0 amide bonds. The molecular weight excluding hydrogens is 372 g/mol. The summed E-state index contributed by atoms with van der Waals surface area (Å²) in [6, 6.07) is 11.6. The molecule has 28 heavy (non-hydrogen) atoms. The van der Waals surface area contributed by atoms with Crippen LogP contribution in [0.1, 0.15) is 68.2 Å². The Labute approximate surface area is 174 Å². The van der Waals surface area contributed by atoms with Gasteiger partial charge in [0.2, 0.25) is 0 Å². The van der Waals surface area contributed by atoms with Gasteiger partial charge in [-0.05, 0) is 68.0 Å². The van der Waals surface area contributed by atoms with Crippen LogP contribution in [0.5, 0.6) is 5.75 Å². The van der Waals surface area contributed by atoms with E-state index in [1.165, 1.54) is 0 Å². The van der Waals surface area contributed by atoms with Crippen LogP contribution < -0.4 is 4.74 Å². The molecule has 2 aromatic carbocycles. The number of hydrogen-bond donors (Lipinski definition) is 2. The molecule has 0 saturated heterocycles. The van der Waals surface area contributed by atoms with E-state index in [2.05, 4.69) is 0 Å². The molecule has 0 radical (unpaired) electrons. The van der Waals surface area contributed by atoms with Crippen LogP contribution in [0.2, 0.25) is 5.02 Å². The minimum Gasteiger partial charge on any atom is -0.488 e. The minimum atomic E-state index is -0.998. The van der Waals surface area contributed by atoms with Crippen molar-refractivity contribution in [1.29, 1.82) is 0 Å². The lowest BCUT2D eigenvalue weighted by atomic mass is 9.75. The molecule has 0 aromatic heterocycles. The van der Waals surface area contributed by atoms with Crippen LogP contribution in [-0.4, -0.2) is 21.9 Å². The van der Waals surface area contributed by atoms with E-state index >= 15 is 0 Å². The first-order valence-electron chi connectivity index (χ1n) is 10.1. The smallest absolute Gasteiger partial charge is 0.125 e. The topological polar surface area (TPSA) is 49.7 Å². The number of hydrogen-bond acceptors (Lipinski definition) is 3. The summed E-state index contributed by atoms with van der Waals surface area (Å²) >= 11 is 5.96. The Balaban J connectivity index is 2.38. The molecule has 0 aliphatic rings. The first kappa shape index (κ1) is 22.7. The van der Waals surface area contributed by atoms with Crippen LogP contribution >= 0.6 is 11.6 Å². The van der Waals surface area contributed by atoms with E-state index < -0.39 is 11.7 Å². The van der Waals surface area contributed by atoms with E-state index in [0.717, 1.165) is 34.4 Å². The van der Waals surface area contributed by atoms with Gasteiger partial charge in [0, 0.05) is 10.9 Å². The lowest BCUT2D eigenvalue weighted by Gasteiger charge is -2.37. The summed E-state index contributed by atoms with van der Waals surface area (Å²) in [5.74, 6) is 0.448. The number of benzene rings is 2. The molecule has 0 heterocycles. The van der Waals surface area contributed by atoms with Gasteiger partial charge in [0.25, 0.3) is 0 Å². The third kappa shape index (κ3) is 5.28. The number of aryl methyl sites for hydroxylation is 1. The van der Waals surface area contributed by atoms with Gasteiger partial charge in [0.15, 0.2) is 0 Å². The molecule has 0 bridgehead atoms. The molecule has 0 saturated carbocycles. The molecule has 154 valence electrons. The Hall–Kier alpha value is -1.55. The van der Waals surface area contributed by atoms with Crippen molar-refractivity contribution in [2.24, 2.45) is 0 Å². The number of ether oxygens (including phenoxy) is 1. The summed E-state index contributed by atoms with van der Waals surface area (Å²) in [5, 5.41) is 22.6. The van der Waals surface area contributed by atoms with Gasteiger partial charge in [-0.3, -0.25) is 0 Å². The highest BCUT2D eigenvalue weighted by Gasteiger charge is 2.38. The minimum absolute atomic E-state index is 0.365. The van der Waals surface area contributed by atoms with Crippen molar-refractivity contribution in [3.8, 4) is 5.75 Å². The zero-order valence-electron chi connectivity index (χ0n) is 17.6. The second kappa shape index (κ2) is 9.78. The van der Waals surface area contributed by atoms with Crippen molar-refractivity contribution < 1.29 is 14.9 Å². The highest BCUT2D eigenvalue weighted by molar-refractivity contribution is 6.30. The first-order chi connectivity index (χ1) is 13.2. The predicted molar refractivity (Wildman–Crippen MR) is 116 cm³/mol. The van der Waals surface area contributed by atoms with Gasteiger partial charge in [-0.2, -0.15) is 0 Å². The van der Waals surface area contributed by atoms with Crippen LogP contribution in [0.25, 0.3) is 0 Å². The molecular formula is C24H33ClO3. The standard InChI is InChI=1S/C24H33ClO3/c1-6-8-21(26)22(24(5,27)7-2)20-14-9-16(3)23(17(20)4)28-15-18-10-12-19(25)13-11-18/h9-14,21-22,26-27H,6-8,15H2,1-5H3. The van der Waals surface area contributed by atoms with Crippen LogP contribution in [0, 0.1) is 13.8 Å². The van der Waals surface area contributed by atoms with E-state index in [0.29, 0.717) is 24.5 Å². The quantitative estimate of drug-likeness (QED) is 0.543. The van der Waals surface area contributed by atoms with Crippen molar-refractivity contribution in [3.05, 3.63) is 63.7 Å². The fourth-order valence-electron chi connectivity index (χ4n) is 3.78. The third-order valence-electron chi connectivity index (χ3n) is 5.63. The average Bonchev–Trinajstić information content (AvgIpc) is 2.65. The predicted octanol–water partition coefficient (Wildman–Crippen LogP) is 5.94. The first-order valence-corrected chi connectivity index (χ1v) is 10.5. The number of rotatable bonds is 9. The molecule has 3 atom stereocenters. The summed E-state index contributed by atoms with van der Waals surface area (Å²) in [6.07, 6.45) is 1.47. The Morgan fingerprint density at radius 1 is 1.07 bits per heavy atom. The summed E-state index contributed by atoms with van der Waals surface area (Å²) in [7, 11) is 0. The molecule has 0 aliphatic heterocycles. The monoisotopic (exact) mass is 404 g/mol. The van der Waals surface area contributed by atoms with Crippen molar-refractivity contribution in [2.45, 2.75) is 78.1 Å². The van der Waals surface area contributed by atoms with Crippen molar-refractivity contribution in [2.75, 3.05) is 0 Å². The van der Waals surface area contributed by atoms with Gasteiger partial charge in [0.1, 0.15) is 12.4 Å². The Morgan fingerprint density at radius 3 is 2.29 bits per heavy atom. The molecule has 0 fully saturated rings. The molecule has 3 nitrogen and oxygen atoms in total. The van der Waals surface area contributed by atoms with Gasteiger partial charge in [0.05, 0.1) is 11.7 Å². The Bertz CT molecular complexity index is 768. The van der Waals surface area contributed by atoms with Crippen molar-refractivity contribution in [3.63, 3.8) is 0 Å². The van der Waals surface area contributed by atoms with E-state index in [1.54, 1.807) is 0 Å². The molecule has 2 N–H and O–H groups in total. The highest BCUT2D eigenvalue weighted by atomic mass is 35.5. The highest BCUT2D eigenvalue weighted by Crippen LogP contribution is 2.40. The second-order valence-electron chi connectivity index (χ2n) is 7.89. The van der Waals surface area contributed by atoms with Crippen LogP contribution in [0.4, 0.5) is 0 Å². The summed E-state index contributed by atoms with van der Waals surface area (Å²) in [4.78, 5) is 0. The van der Waals surface area contributed by atoms with Crippen LogP contribution in [-0.2, 0) is 6.61 Å². The fourth-order valence-corrected chi connectivity index (χ4v) is 3.90. The maximum Gasteiger partial charge on any atom is 0.125 e. The molecule has 3 unspecified atom stereocenters. The number of halogens is 1.